The Hall–Kier alpha value is -2.97. The number of aromatic nitrogens is 4. The van der Waals surface area contributed by atoms with E-state index in [1.165, 1.54) is 9.13 Å². The highest BCUT2D eigenvalue weighted by molar-refractivity contribution is 5.94. The highest BCUT2D eigenvalue weighted by atomic mass is 19.1. The molecule has 0 atom stereocenters. The van der Waals surface area contributed by atoms with Gasteiger partial charge in [0, 0.05) is 24.8 Å². The zero-order valence-corrected chi connectivity index (χ0v) is 16.9. The van der Waals surface area contributed by atoms with Gasteiger partial charge in [-0.15, -0.1) is 0 Å². The Labute approximate surface area is 166 Å². The molecule has 0 aliphatic rings. The Morgan fingerprint density at radius 1 is 1.24 bits per heavy atom. The van der Waals surface area contributed by atoms with Crippen LogP contribution >= 0.6 is 0 Å². The number of fused-ring (bicyclic) bond motifs is 1. The number of rotatable bonds is 7. The second kappa shape index (κ2) is 8.18. The number of benzene rings is 1. The van der Waals surface area contributed by atoms with Crippen molar-refractivity contribution in [3.05, 3.63) is 52.0 Å². The molecule has 0 aliphatic heterocycles. The van der Waals surface area contributed by atoms with E-state index >= 15 is 4.39 Å². The summed E-state index contributed by atoms with van der Waals surface area (Å²) in [6, 6.07) is 0.808. The lowest BCUT2D eigenvalue weighted by molar-refractivity contribution is 0.0590. The van der Waals surface area contributed by atoms with Crippen LogP contribution < -0.4 is 5.69 Å². The molecule has 1 aromatic carbocycles. The van der Waals surface area contributed by atoms with Gasteiger partial charge in [-0.3, -0.25) is 9.13 Å². The van der Waals surface area contributed by atoms with Crippen molar-refractivity contribution in [1.29, 1.82) is 0 Å². The number of hydrogen-bond donors (Lipinski definition) is 0. The molecule has 29 heavy (non-hydrogen) atoms. The maximum Gasteiger partial charge on any atom is 0.343 e. The van der Waals surface area contributed by atoms with Gasteiger partial charge in [-0.25, -0.2) is 23.4 Å². The first kappa shape index (κ1) is 20.8. The van der Waals surface area contributed by atoms with Gasteiger partial charge in [0.25, 0.3) is 0 Å². The fourth-order valence-corrected chi connectivity index (χ4v) is 3.73. The van der Waals surface area contributed by atoms with Crippen molar-refractivity contribution in [3.8, 4) is 0 Å². The first-order valence-corrected chi connectivity index (χ1v) is 9.59. The van der Waals surface area contributed by atoms with E-state index in [0.29, 0.717) is 25.1 Å². The maximum absolute atomic E-state index is 15.4. The van der Waals surface area contributed by atoms with Crippen LogP contribution in [-0.4, -0.2) is 31.8 Å². The first-order valence-electron chi connectivity index (χ1n) is 9.59. The SMILES string of the molecule is CCC(CC)n1c(=O)n(Cc2cncn2CC)c2c(F)c(C(=O)OC)c(F)cc21. The van der Waals surface area contributed by atoms with E-state index in [2.05, 4.69) is 9.72 Å². The number of hydrogen-bond acceptors (Lipinski definition) is 4. The Bertz CT molecular complexity index is 1110. The molecule has 0 aliphatic carbocycles. The third kappa shape index (κ3) is 3.34. The molecule has 3 rings (SSSR count). The van der Waals surface area contributed by atoms with Crippen LogP contribution in [0.4, 0.5) is 8.78 Å². The van der Waals surface area contributed by atoms with Gasteiger partial charge in [-0.05, 0) is 19.8 Å². The number of carbonyl (C=O) groups excluding carboxylic acids is 1. The van der Waals surface area contributed by atoms with Crippen LogP contribution in [0.25, 0.3) is 11.0 Å². The quantitative estimate of drug-likeness (QED) is 0.563. The molecule has 2 aromatic heterocycles. The molecule has 0 radical (unpaired) electrons. The highest BCUT2D eigenvalue weighted by Gasteiger charge is 2.28. The first-order chi connectivity index (χ1) is 13.9. The number of imidazole rings is 2. The number of esters is 1. The minimum absolute atomic E-state index is 0.0412. The van der Waals surface area contributed by atoms with Crippen molar-refractivity contribution in [3.63, 3.8) is 0 Å². The lowest BCUT2D eigenvalue weighted by atomic mass is 10.1. The average Bonchev–Trinajstić information content (AvgIpc) is 3.26. The number of halogens is 2. The van der Waals surface area contributed by atoms with Gasteiger partial charge < -0.3 is 9.30 Å². The molecular formula is C20H24F2N4O3. The zero-order chi connectivity index (χ0) is 21.3. The lowest BCUT2D eigenvalue weighted by Crippen LogP contribution is -2.28. The van der Waals surface area contributed by atoms with E-state index in [4.69, 9.17) is 0 Å². The fraction of sp³-hybridized carbons (Fsp3) is 0.450. The molecule has 0 N–H and O–H groups in total. The van der Waals surface area contributed by atoms with Crippen LogP contribution in [0.15, 0.2) is 23.4 Å². The van der Waals surface area contributed by atoms with E-state index < -0.39 is 28.9 Å². The van der Waals surface area contributed by atoms with Crippen LogP contribution in [0.5, 0.6) is 0 Å². The van der Waals surface area contributed by atoms with E-state index in [-0.39, 0.29) is 23.6 Å². The monoisotopic (exact) mass is 406 g/mol. The van der Waals surface area contributed by atoms with Crippen LogP contribution in [0.3, 0.4) is 0 Å². The highest BCUT2D eigenvalue weighted by Crippen LogP contribution is 2.28. The maximum atomic E-state index is 15.4. The molecule has 156 valence electrons. The predicted octanol–water partition coefficient (Wildman–Crippen LogP) is 3.49. The summed E-state index contributed by atoms with van der Waals surface area (Å²) in [5.74, 6) is -3.29. The summed E-state index contributed by atoms with van der Waals surface area (Å²) < 4.78 is 39.0. The smallest absolute Gasteiger partial charge is 0.343 e. The second-order valence-electron chi connectivity index (χ2n) is 6.79. The van der Waals surface area contributed by atoms with Gasteiger partial charge in [0.05, 0.1) is 31.2 Å². The summed E-state index contributed by atoms with van der Waals surface area (Å²) in [6.45, 7) is 6.41. The molecule has 0 saturated heterocycles. The fourth-order valence-electron chi connectivity index (χ4n) is 3.73. The summed E-state index contributed by atoms with van der Waals surface area (Å²) in [7, 11) is 1.05. The minimum Gasteiger partial charge on any atom is -0.465 e. The Balaban J connectivity index is 2.38. The largest absolute Gasteiger partial charge is 0.465 e. The zero-order valence-electron chi connectivity index (χ0n) is 16.9. The van der Waals surface area contributed by atoms with Crippen molar-refractivity contribution in [2.24, 2.45) is 0 Å². The van der Waals surface area contributed by atoms with Gasteiger partial charge in [0.2, 0.25) is 0 Å². The molecular weight excluding hydrogens is 382 g/mol. The standard InChI is InChI=1S/C20H24F2N4O3/c1-5-12(6-2)26-15-8-14(21)16(19(27)29-4)17(22)18(15)25(20(26)28)10-13-9-23-11-24(13)7-3/h8-9,11-12H,5-7,10H2,1-4H3. The Kier molecular flexibility index (Phi) is 5.86. The molecule has 2 heterocycles. The number of nitrogens with zero attached hydrogens (tertiary/aromatic N) is 4. The summed E-state index contributed by atoms with van der Waals surface area (Å²) in [6.07, 6.45) is 4.45. The normalized spacial score (nSPS) is 11.6. The summed E-state index contributed by atoms with van der Waals surface area (Å²) in [5.41, 5.74) is -0.569. The molecule has 0 amide bonds. The van der Waals surface area contributed by atoms with Crippen molar-refractivity contribution in [2.45, 2.75) is 52.7 Å². The summed E-state index contributed by atoms with van der Waals surface area (Å²) in [5, 5.41) is 0. The van der Waals surface area contributed by atoms with Gasteiger partial charge in [-0.2, -0.15) is 0 Å². The molecule has 3 aromatic rings. The molecule has 0 bridgehead atoms. The van der Waals surface area contributed by atoms with Crippen molar-refractivity contribution in [1.82, 2.24) is 18.7 Å². The van der Waals surface area contributed by atoms with Gasteiger partial charge >= 0.3 is 11.7 Å². The number of ether oxygens (including phenoxy) is 1. The molecule has 7 nitrogen and oxygen atoms in total. The number of carbonyl (C=O) groups is 1. The topological polar surface area (TPSA) is 71.0 Å². The molecule has 0 spiro atoms. The Morgan fingerprint density at radius 2 is 1.93 bits per heavy atom. The van der Waals surface area contributed by atoms with Crippen LogP contribution in [0.2, 0.25) is 0 Å². The van der Waals surface area contributed by atoms with Crippen LogP contribution in [0, 0.1) is 11.6 Å². The van der Waals surface area contributed by atoms with Gasteiger partial charge in [0.1, 0.15) is 16.9 Å². The second-order valence-corrected chi connectivity index (χ2v) is 6.79. The lowest BCUT2D eigenvalue weighted by Gasteiger charge is -2.14. The third-order valence-electron chi connectivity index (χ3n) is 5.30. The van der Waals surface area contributed by atoms with E-state index in [1.807, 2.05) is 25.3 Å². The van der Waals surface area contributed by atoms with Crippen molar-refractivity contribution < 1.29 is 18.3 Å². The van der Waals surface area contributed by atoms with E-state index in [0.717, 1.165) is 13.2 Å². The molecule has 0 fully saturated rings. The third-order valence-corrected chi connectivity index (χ3v) is 5.30. The number of aryl methyl sites for hydroxylation is 1. The Morgan fingerprint density at radius 3 is 2.52 bits per heavy atom. The van der Waals surface area contributed by atoms with E-state index in [9.17, 15) is 14.0 Å². The van der Waals surface area contributed by atoms with Crippen molar-refractivity contribution >= 4 is 17.0 Å². The predicted molar refractivity (Wildman–Crippen MR) is 104 cm³/mol. The summed E-state index contributed by atoms with van der Waals surface area (Å²) >= 11 is 0. The molecule has 0 unspecified atom stereocenters. The molecule has 0 saturated carbocycles. The van der Waals surface area contributed by atoms with Gasteiger partial charge in [-0.1, -0.05) is 13.8 Å². The summed E-state index contributed by atoms with van der Waals surface area (Å²) in [4.78, 5) is 29.3. The number of methoxy groups -OCH3 is 1. The van der Waals surface area contributed by atoms with Gasteiger partial charge in [0.15, 0.2) is 5.82 Å². The minimum atomic E-state index is -1.13. The van der Waals surface area contributed by atoms with E-state index in [1.54, 1.807) is 12.5 Å². The van der Waals surface area contributed by atoms with Crippen molar-refractivity contribution in [2.75, 3.05) is 7.11 Å². The van der Waals surface area contributed by atoms with Crippen LogP contribution in [-0.2, 0) is 17.8 Å². The average molecular weight is 406 g/mol. The van der Waals surface area contributed by atoms with Crippen LogP contribution in [0.1, 0.15) is 55.7 Å². The molecule has 9 heteroatoms.